The summed E-state index contributed by atoms with van der Waals surface area (Å²) in [6.45, 7) is 4.87. The van der Waals surface area contributed by atoms with Crippen molar-refractivity contribution in [3.63, 3.8) is 0 Å². The van der Waals surface area contributed by atoms with Crippen LogP contribution in [-0.2, 0) is 12.7 Å². The molecule has 35 heavy (non-hydrogen) atoms. The quantitative estimate of drug-likeness (QED) is 0.271. The maximum atomic E-state index is 13.1. The second-order valence-corrected chi connectivity index (χ2v) is 9.80. The number of quaternary nitrogens is 1. The molecule has 2 N–H and O–H groups in total. The van der Waals surface area contributed by atoms with Crippen LogP contribution in [0.5, 0.6) is 0 Å². The molecule has 0 saturated carbocycles. The minimum absolute atomic E-state index is 0.307. The van der Waals surface area contributed by atoms with Crippen molar-refractivity contribution in [3.05, 3.63) is 94.6 Å². The summed E-state index contributed by atoms with van der Waals surface area (Å²) in [5, 5.41) is 7.45. The zero-order valence-electron chi connectivity index (χ0n) is 18.9. The summed E-state index contributed by atoms with van der Waals surface area (Å²) < 4.78 is 41.2. The Labute approximate surface area is 210 Å². The molecule has 0 amide bonds. The van der Waals surface area contributed by atoms with Gasteiger partial charge in [0.2, 0.25) is 0 Å². The van der Waals surface area contributed by atoms with Crippen LogP contribution in [0.15, 0.2) is 83.5 Å². The molecule has 4 aromatic rings. The van der Waals surface area contributed by atoms with Gasteiger partial charge in [0.05, 0.1) is 24.2 Å². The number of alkyl halides is 3. The number of benzene rings is 3. The summed E-state index contributed by atoms with van der Waals surface area (Å²) in [5.41, 5.74) is 3.73. The van der Waals surface area contributed by atoms with Crippen LogP contribution in [0, 0.1) is 0 Å². The number of hydrogen-bond donors (Lipinski definition) is 2. The van der Waals surface area contributed by atoms with E-state index in [0.717, 1.165) is 65.2 Å². The summed E-state index contributed by atoms with van der Waals surface area (Å²) >= 11 is 3.54. The number of anilines is 2. The van der Waals surface area contributed by atoms with E-state index in [2.05, 4.69) is 67.9 Å². The number of pyridine rings is 1. The fourth-order valence-electron chi connectivity index (χ4n) is 4.72. The van der Waals surface area contributed by atoms with E-state index in [-0.39, 0.29) is 0 Å². The molecule has 8 heteroatoms. The van der Waals surface area contributed by atoms with E-state index >= 15 is 0 Å². The maximum Gasteiger partial charge on any atom is 0.416 e. The maximum absolute atomic E-state index is 13.1. The van der Waals surface area contributed by atoms with Crippen molar-refractivity contribution >= 4 is 43.9 Å². The Morgan fingerprint density at radius 1 is 0.914 bits per heavy atom. The molecule has 0 bridgehead atoms. The van der Waals surface area contributed by atoms with Gasteiger partial charge in [0.25, 0.3) is 0 Å². The Hall–Kier alpha value is -2.94. The Morgan fingerprint density at radius 3 is 2.31 bits per heavy atom. The zero-order valence-corrected chi connectivity index (χ0v) is 20.5. The van der Waals surface area contributed by atoms with Crippen LogP contribution < -0.4 is 15.1 Å². The highest BCUT2D eigenvalue weighted by molar-refractivity contribution is 9.10. The lowest BCUT2D eigenvalue weighted by Crippen LogP contribution is -2.59. The minimum Gasteiger partial charge on any atom is -0.355 e. The first-order valence-electron chi connectivity index (χ1n) is 11.5. The van der Waals surface area contributed by atoms with Crippen LogP contribution >= 0.6 is 15.9 Å². The lowest BCUT2D eigenvalue weighted by atomic mass is 10.1. The molecule has 1 saturated heterocycles. The van der Waals surface area contributed by atoms with E-state index < -0.39 is 11.7 Å². The molecular formula is C27H25BrF3N4+. The van der Waals surface area contributed by atoms with E-state index in [1.165, 1.54) is 23.5 Å². The van der Waals surface area contributed by atoms with Crippen molar-refractivity contribution in [1.29, 1.82) is 0 Å². The van der Waals surface area contributed by atoms with Gasteiger partial charge in [-0.1, -0.05) is 34.1 Å². The van der Waals surface area contributed by atoms with E-state index in [4.69, 9.17) is 0 Å². The number of rotatable bonds is 5. The normalized spacial score (nSPS) is 15.8. The Morgan fingerprint density at radius 2 is 1.63 bits per heavy atom. The summed E-state index contributed by atoms with van der Waals surface area (Å²) in [7, 11) is 0. The van der Waals surface area contributed by atoms with Gasteiger partial charge in [0, 0.05) is 58.2 Å². The van der Waals surface area contributed by atoms with Crippen molar-refractivity contribution in [2.24, 2.45) is 0 Å². The molecule has 1 aliphatic heterocycles. The average molecular weight is 542 g/mol. The van der Waals surface area contributed by atoms with Crippen LogP contribution in [0.3, 0.4) is 0 Å². The molecule has 2 heterocycles. The second-order valence-electron chi connectivity index (χ2n) is 8.89. The number of nitrogens with zero attached hydrogens (tertiary/aromatic N) is 2. The van der Waals surface area contributed by atoms with Gasteiger partial charge in [-0.15, -0.1) is 0 Å². The highest BCUT2D eigenvalue weighted by Gasteiger charge is 2.33. The topological polar surface area (TPSA) is 37.0 Å². The largest absolute Gasteiger partial charge is 0.416 e. The first-order valence-corrected chi connectivity index (χ1v) is 12.3. The number of piperazine rings is 1. The number of fused-ring (bicyclic) bond motifs is 1. The van der Waals surface area contributed by atoms with Gasteiger partial charge in [-0.25, -0.2) is 0 Å². The van der Waals surface area contributed by atoms with Crippen LogP contribution in [-0.4, -0.2) is 31.2 Å². The number of aromatic nitrogens is 1. The molecule has 1 aromatic heterocycles. The predicted octanol–water partition coefficient (Wildman–Crippen LogP) is 6.87. The highest BCUT2D eigenvalue weighted by atomic mass is 79.9. The molecule has 0 radical (unpaired) electrons. The number of nitrogens with one attached hydrogen (secondary N) is 2. The van der Waals surface area contributed by atoms with E-state index in [0.29, 0.717) is 10.9 Å². The summed E-state index contributed by atoms with van der Waals surface area (Å²) in [6, 6.07) is 22.3. The van der Waals surface area contributed by atoms with Crippen molar-refractivity contribution in [2.75, 3.05) is 31.5 Å². The molecule has 5 rings (SSSR count). The second kappa shape index (κ2) is 9.60. The van der Waals surface area contributed by atoms with Gasteiger partial charge in [0.1, 0.15) is 12.2 Å². The van der Waals surface area contributed by atoms with Gasteiger partial charge in [-0.05, 0) is 42.5 Å². The third-order valence-corrected chi connectivity index (χ3v) is 7.12. The van der Waals surface area contributed by atoms with Crippen LogP contribution in [0.1, 0.15) is 11.1 Å². The molecular weight excluding hydrogens is 517 g/mol. The molecule has 4 nitrogen and oxygen atoms in total. The Kier molecular flexibility index (Phi) is 6.53. The fourth-order valence-corrected chi connectivity index (χ4v) is 4.98. The van der Waals surface area contributed by atoms with E-state index in [1.54, 1.807) is 6.07 Å². The van der Waals surface area contributed by atoms with Crippen molar-refractivity contribution in [1.82, 2.24) is 14.8 Å². The van der Waals surface area contributed by atoms with Crippen molar-refractivity contribution < 1.29 is 13.2 Å². The lowest BCUT2D eigenvalue weighted by molar-refractivity contribution is -0.137. The molecule has 3 aromatic carbocycles. The summed E-state index contributed by atoms with van der Waals surface area (Å²) in [6.07, 6.45) is -2.87. The number of hydrogen-bond acceptors (Lipinski definition) is 3. The molecule has 1 aliphatic rings. The van der Waals surface area contributed by atoms with Crippen LogP contribution in [0.25, 0.3) is 10.9 Å². The number of halogens is 4. The standard InChI is InChI=1S/C27H25BrF3N4/c28-21-4-8-23(9-5-21)35(15-13-32-14-16-35)18-19-1-6-22(7-2-19)34-25-11-12-33-26-17-20(27(29,30)31)3-10-24(25)26/h1-12,17,32H,13-16,18H2,(H,33,34)/q+1. The van der Waals surface area contributed by atoms with Crippen molar-refractivity contribution in [3.8, 4) is 0 Å². The van der Waals surface area contributed by atoms with Gasteiger partial charge in [0.15, 0.2) is 0 Å². The molecule has 0 aliphatic carbocycles. The molecule has 0 unspecified atom stereocenters. The smallest absolute Gasteiger partial charge is 0.355 e. The highest BCUT2D eigenvalue weighted by Crippen LogP contribution is 2.34. The van der Waals surface area contributed by atoms with Crippen LogP contribution in [0.4, 0.5) is 30.2 Å². The van der Waals surface area contributed by atoms with Gasteiger partial charge < -0.3 is 10.6 Å². The SMILES string of the molecule is FC(F)(F)c1ccc2c(Nc3ccc(C[N+]4(c5ccc(Br)cc5)CCNCC4)cc3)ccnc2c1. The summed E-state index contributed by atoms with van der Waals surface area (Å²) in [5.74, 6) is 0. The molecule has 180 valence electrons. The average Bonchev–Trinajstić information content (AvgIpc) is 2.85. The Balaban J connectivity index is 1.37. The lowest BCUT2D eigenvalue weighted by Gasteiger charge is -2.41. The van der Waals surface area contributed by atoms with Gasteiger partial charge in [-0.2, -0.15) is 13.2 Å². The molecule has 0 atom stereocenters. The Bertz CT molecular complexity index is 1320. The fraction of sp³-hybridized carbons (Fsp3) is 0.222. The third kappa shape index (κ3) is 5.19. The first-order chi connectivity index (χ1) is 16.8. The van der Waals surface area contributed by atoms with E-state index in [9.17, 15) is 13.2 Å². The molecule has 0 spiro atoms. The third-order valence-electron chi connectivity index (χ3n) is 6.60. The van der Waals surface area contributed by atoms with Crippen LogP contribution in [0.2, 0.25) is 0 Å². The first kappa shape index (κ1) is 23.8. The van der Waals surface area contributed by atoms with Gasteiger partial charge >= 0.3 is 6.18 Å². The molecule has 1 fully saturated rings. The predicted molar refractivity (Wildman–Crippen MR) is 139 cm³/mol. The minimum atomic E-state index is -4.39. The van der Waals surface area contributed by atoms with Crippen molar-refractivity contribution in [2.45, 2.75) is 12.7 Å². The monoisotopic (exact) mass is 541 g/mol. The zero-order chi connectivity index (χ0) is 24.5. The summed E-state index contributed by atoms with van der Waals surface area (Å²) in [4.78, 5) is 4.13. The van der Waals surface area contributed by atoms with Gasteiger partial charge in [-0.3, -0.25) is 9.47 Å². The van der Waals surface area contributed by atoms with E-state index in [1.807, 2.05) is 12.1 Å².